The van der Waals surface area contributed by atoms with Crippen molar-refractivity contribution < 1.29 is 27.8 Å². The largest absolute Gasteiger partial charge is 0.391 e. The minimum absolute atomic E-state index is 0.0485. The first-order chi connectivity index (χ1) is 19.6. The number of aromatic nitrogens is 2. The molecule has 1 saturated heterocycles. The number of nitrogens with two attached hydrogens (primary N) is 1. The van der Waals surface area contributed by atoms with Crippen molar-refractivity contribution in [1.82, 2.24) is 9.97 Å². The Morgan fingerprint density at radius 2 is 1.85 bits per heavy atom. The van der Waals surface area contributed by atoms with Gasteiger partial charge in [0.1, 0.15) is 28.8 Å². The molecule has 1 amide bonds. The minimum atomic E-state index is -1.12. The maximum atomic E-state index is 15.3. The van der Waals surface area contributed by atoms with Crippen molar-refractivity contribution in [2.24, 2.45) is 11.7 Å². The lowest BCUT2D eigenvalue weighted by Crippen LogP contribution is -2.44. The second kappa shape index (κ2) is 11.6. The Kier molecular flexibility index (Phi) is 8.09. The van der Waals surface area contributed by atoms with Crippen LogP contribution in [0.2, 0.25) is 0 Å². The lowest BCUT2D eigenvalue weighted by molar-refractivity contribution is 0.0521. The van der Waals surface area contributed by atoms with Gasteiger partial charge in [-0.1, -0.05) is 6.92 Å². The summed E-state index contributed by atoms with van der Waals surface area (Å²) in [6.07, 6.45) is 4.13. The van der Waals surface area contributed by atoms with Crippen LogP contribution in [-0.4, -0.2) is 46.3 Å². The van der Waals surface area contributed by atoms with Gasteiger partial charge in [-0.05, 0) is 79.0 Å². The molecule has 1 saturated carbocycles. The number of ether oxygens (including phenoxy) is 1. The third-order valence-corrected chi connectivity index (χ3v) is 8.25. The quantitative estimate of drug-likeness (QED) is 0.412. The molecule has 0 bridgehead atoms. The molecule has 8 nitrogen and oxygen atoms in total. The van der Waals surface area contributed by atoms with E-state index in [1.165, 1.54) is 6.20 Å². The normalized spacial score (nSPS) is 23.9. The standard InChI is InChI=1S/C30H30F3N5O3/c1-16-10-17(11-23(35)28(16)39)19-4-7-36-14-25(19)38-29(40)24-3-2-20(31)27(37-24)26-21(32)12-18(13-22(26)33)30(15-34)5-8-41-9-6-30/h2-4,7,12-14,16-17,23,28,39H,5-6,8-11,35H2,1H3,(H,38,40)/t16-,17+,23+,28+/m0/s1. The minimum Gasteiger partial charge on any atom is -0.391 e. The Hall–Kier alpha value is -3.85. The SMILES string of the molecule is C[C@H]1C[C@@H](c2ccncc2NC(=O)c2ccc(F)c(-c3c(F)cc(C4(C#N)CCOCC4)cc3F)n2)C[C@@H](N)[C@@H]1O. The summed E-state index contributed by atoms with van der Waals surface area (Å²) in [4.78, 5) is 21.3. The number of benzene rings is 1. The molecule has 2 aliphatic rings. The number of anilines is 1. The summed E-state index contributed by atoms with van der Waals surface area (Å²) >= 11 is 0. The van der Waals surface area contributed by atoms with Crippen LogP contribution in [0.1, 0.15) is 60.1 Å². The number of aliphatic hydroxyl groups is 1. The summed E-state index contributed by atoms with van der Waals surface area (Å²) in [5.41, 5.74) is 4.67. The molecule has 0 spiro atoms. The van der Waals surface area contributed by atoms with Crippen molar-refractivity contribution in [3.05, 3.63) is 77.0 Å². The Bertz CT molecular complexity index is 1470. The highest BCUT2D eigenvalue weighted by Crippen LogP contribution is 2.40. The molecule has 214 valence electrons. The van der Waals surface area contributed by atoms with Crippen molar-refractivity contribution >= 4 is 11.6 Å². The van der Waals surface area contributed by atoms with Gasteiger partial charge in [0.2, 0.25) is 0 Å². The van der Waals surface area contributed by atoms with Crippen LogP contribution in [-0.2, 0) is 10.2 Å². The monoisotopic (exact) mass is 565 g/mol. The average Bonchev–Trinajstić information content (AvgIpc) is 2.96. The number of nitrogens with one attached hydrogen (secondary N) is 1. The lowest BCUT2D eigenvalue weighted by Gasteiger charge is -2.36. The number of aliphatic hydroxyl groups excluding tert-OH is 1. The molecule has 3 heterocycles. The first-order valence-electron chi connectivity index (χ1n) is 13.5. The van der Waals surface area contributed by atoms with Crippen LogP contribution >= 0.6 is 0 Å². The zero-order valence-corrected chi connectivity index (χ0v) is 22.4. The summed E-state index contributed by atoms with van der Waals surface area (Å²) in [7, 11) is 0. The van der Waals surface area contributed by atoms with Gasteiger partial charge in [-0.2, -0.15) is 5.26 Å². The Labute approximate surface area is 235 Å². The van der Waals surface area contributed by atoms with Crippen LogP contribution in [0.3, 0.4) is 0 Å². The van der Waals surface area contributed by atoms with Gasteiger partial charge in [0, 0.05) is 25.5 Å². The highest BCUT2D eigenvalue weighted by Gasteiger charge is 2.37. The van der Waals surface area contributed by atoms with Gasteiger partial charge in [-0.15, -0.1) is 0 Å². The van der Waals surface area contributed by atoms with Crippen LogP contribution in [0.5, 0.6) is 0 Å². The van der Waals surface area contributed by atoms with E-state index in [0.717, 1.165) is 29.8 Å². The summed E-state index contributed by atoms with van der Waals surface area (Å²) in [6.45, 7) is 2.47. The van der Waals surface area contributed by atoms with Crippen LogP contribution in [0.4, 0.5) is 18.9 Å². The van der Waals surface area contributed by atoms with Crippen LogP contribution in [0.15, 0.2) is 42.7 Å². The van der Waals surface area contributed by atoms with Gasteiger partial charge >= 0.3 is 0 Å². The predicted octanol–water partition coefficient (Wildman–Crippen LogP) is 4.59. The van der Waals surface area contributed by atoms with Gasteiger partial charge in [-0.25, -0.2) is 18.2 Å². The van der Waals surface area contributed by atoms with Crippen LogP contribution < -0.4 is 11.1 Å². The molecule has 3 aromatic rings. The second-order valence-electron chi connectivity index (χ2n) is 10.9. The Morgan fingerprint density at radius 1 is 1.15 bits per heavy atom. The maximum Gasteiger partial charge on any atom is 0.274 e. The van der Waals surface area contributed by atoms with Crippen molar-refractivity contribution in [3.63, 3.8) is 0 Å². The number of nitriles is 1. The number of pyridine rings is 2. The number of hydrogen-bond acceptors (Lipinski definition) is 7. The smallest absolute Gasteiger partial charge is 0.274 e. The van der Waals surface area contributed by atoms with E-state index in [1.807, 2.05) is 6.92 Å². The van der Waals surface area contributed by atoms with Gasteiger partial charge in [0.25, 0.3) is 5.91 Å². The number of amides is 1. The zero-order valence-electron chi connectivity index (χ0n) is 22.4. The van der Waals surface area contributed by atoms with Gasteiger partial charge in [0.05, 0.1) is 35.0 Å². The van der Waals surface area contributed by atoms with Crippen molar-refractivity contribution in [3.8, 4) is 17.3 Å². The van der Waals surface area contributed by atoms with Gasteiger partial charge in [0.15, 0.2) is 0 Å². The Morgan fingerprint density at radius 3 is 2.51 bits per heavy atom. The molecule has 2 fully saturated rings. The molecule has 4 N–H and O–H groups in total. The first kappa shape index (κ1) is 28.7. The molecule has 0 unspecified atom stereocenters. The molecular formula is C30H30F3N5O3. The van der Waals surface area contributed by atoms with E-state index in [9.17, 15) is 19.6 Å². The highest BCUT2D eigenvalue weighted by molar-refractivity contribution is 6.03. The third kappa shape index (κ3) is 5.55. The fraction of sp³-hybridized carbons (Fsp3) is 0.400. The molecule has 11 heteroatoms. The molecule has 2 aromatic heterocycles. The van der Waals surface area contributed by atoms with Gasteiger partial charge < -0.3 is 20.9 Å². The fourth-order valence-electron chi connectivity index (χ4n) is 5.88. The highest BCUT2D eigenvalue weighted by atomic mass is 19.1. The van der Waals surface area contributed by atoms with E-state index in [4.69, 9.17) is 10.5 Å². The number of halogens is 3. The van der Waals surface area contributed by atoms with E-state index in [-0.39, 0.29) is 49.1 Å². The molecule has 5 rings (SSSR count). The van der Waals surface area contributed by atoms with E-state index >= 15 is 8.78 Å². The van der Waals surface area contributed by atoms with Crippen LogP contribution in [0.25, 0.3) is 11.3 Å². The first-order valence-corrected chi connectivity index (χ1v) is 13.5. The maximum absolute atomic E-state index is 15.3. The number of carbonyl (C=O) groups is 1. The lowest BCUT2D eigenvalue weighted by atomic mass is 9.74. The van der Waals surface area contributed by atoms with E-state index in [0.29, 0.717) is 18.5 Å². The number of nitrogens with zero attached hydrogens (tertiary/aromatic N) is 3. The van der Waals surface area contributed by atoms with Crippen molar-refractivity contribution in [1.29, 1.82) is 5.26 Å². The van der Waals surface area contributed by atoms with Crippen molar-refractivity contribution in [2.45, 2.75) is 56.1 Å². The van der Waals surface area contributed by atoms with E-state index in [2.05, 4.69) is 21.4 Å². The summed E-state index contributed by atoms with van der Waals surface area (Å²) < 4.78 is 50.9. The van der Waals surface area contributed by atoms with Crippen molar-refractivity contribution in [2.75, 3.05) is 18.5 Å². The van der Waals surface area contributed by atoms with E-state index in [1.54, 1.807) is 12.3 Å². The molecule has 1 aromatic carbocycles. The molecule has 41 heavy (non-hydrogen) atoms. The topological polar surface area (TPSA) is 134 Å². The van der Waals surface area contributed by atoms with E-state index < -0.39 is 52.2 Å². The molecular weight excluding hydrogens is 535 g/mol. The number of hydrogen-bond donors (Lipinski definition) is 3. The fourth-order valence-corrected chi connectivity index (χ4v) is 5.88. The molecule has 0 radical (unpaired) electrons. The summed E-state index contributed by atoms with van der Waals surface area (Å²) in [6, 6.07) is 7.59. The molecule has 1 aliphatic carbocycles. The van der Waals surface area contributed by atoms with Crippen LogP contribution in [0, 0.1) is 34.7 Å². The zero-order chi connectivity index (χ0) is 29.3. The third-order valence-electron chi connectivity index (χ3n) is 8.25. The number of carbonyl (C=O) groups excluding carboxylic acids is 1. The molecule has 1 aliphatic heterocycles. The summed E-state index contributed by atoms with van der Waals surface area (Å²) in [5.74, 6) is -4.02. The Balaban J connectivity index is 1.44. The predicted molar refractivity (Wildman–Crippen MR) is 144 cm³/mol. The molecule has 4 atom stereocenters. The summed E-state index contributed by atoms with van der Waals surface area (Å²) in [5, 5.41) is 22.8. The average molecular weight is 566 g/mol. The van der Waals surface area contributed by atoms with Gasteiger partial charge in [-0.3, -0.25) is 9.78 Å². The second-order valence-corrected chi connectivity index (χ2v) is 10.9. The number of rotatable bonds is 5.